The molecule has 5 nitrogen and oxygen atoms in total. The molecule has 4 aromatic rings. The highest BCUT2D eigenvalue weighted by molar-refractivity contribution is 9.10. The van der Waals surface area contributed by atoms with Crippen molar-refractivity contribution in [3.63, 3.8) is 0 Å². The smallest absolute Gasteiger partial charge is 0.258 e. The summed E-state index contributed by atoms with van der Waals surface area (Å²) < 4.78 is 8.75. The minimum Gasteiger partial charge on any atom is -0.484 e. The fraction of sp³-hybridized carbons (Fsp3) is 0.167. The second kappa shape index (κ2) is 9.13. The Morgan fingerprint density at radius 3 is 2.50 bits per heavy atom. The van der Waals surface area contributed by atoms with Crippen LogP contribution in [0.25, 0.3) is 11.0 Å². The van der Waals surface area contributed by atoms with E-state index in [9.17, 15) is 4.79 Å². The molecule has 0 fully saturated rings. The van der Waals surface area contributed by atoms with Crippen molar-refractivity contribution >= 4 is 32.9 Å². The van der Waals surface area contributed by atoms with E-state index in [-0.39, 0.29) is 18.6 Å². The van der Waals surface area contributed by atoms with E-state index >= 15 is 0 Å². The van der Waals surface area contributed by atoms with Crippen LogP contribution in [0.1, 0.15) is 24.4 Å². The normalized spacial score (nSPS) is 11.9. The molecule has 1 N–H and O–H groups in total. The monoisotopic (exact) mass is 463 g/mol. The number of ether oxygens (including phenoxy) is 1. The maximum absolute atomic E-state index is 12.4. The van der Waals surface area contributed by atoms with Gasteiger partial charge in [0.25, 0.3) is 5.91 Å². The molecule has 30 heavy (non-hydrogen) atoms. The Kier molecular flexibility index (Phi) is 6.14. The first-order chi connectivity index (χ1) is 14.6. The second-order valence-corrected chi connectivity index (χ2v) is 7.98. The van der Waals surface area contributed by atoms with E-state index in [0.29, 0.717) is 12.3 Å². The van der Waals surface area contributed by atoms with Crippen LogP contribution in [0.4, 0.5) is 0 Å². The van der Waals surface area contributed by atoms with Gasteiger partial charge in [0.15, 0.2) is 6.61 Å². The lowest BCUT2D eigenvalue weighted by Gasteiger charge is -2.17. The van der Waals surface area contributed by atoms with Crippen molar-refractivity contribution in [1.82, 2.24) is 14.9 Å². The number of hydrogen-bond acceptors (Lipinski definition) is 3. The molecule has 0 saturated carbocycles. The molecule has 1 amide bonds. The fourth-order valence-electron chi connectivity index (χ4n) is 3.38. The summed E-state index contributed by atoms with van der Waals surface area (Å²) in [4.78, 5) is 17.2. The summed E-state index contributed by atoms with van der Waals surface area (Å²) in [6.07, 6.45) is 0. The molecule has 0 radical (unpaired) electrons. The summed E-state index contributed by atoms with van der Waals surface area (Å²) in [5.74, 6) is 1.29. The third-order valence-electron chi connectivity index (χ3n) is 4.82. The van der Waals surface area contributed by atoms with Crippen molar-refractivity contribution in [3.8, 4) is 5.75 Å². The van der Waals surface area contributed by atoms with Gasteiger partial charge in [0, 0.05) is 11.0 Å². The van der Waals surface area contributed by atoms with Crippen molar-refractivity contribution in [2.45, 2.75) is 19.5 Å². The molecule has 1 heterocycles. The zero-order chi connectivity index (χ0) is 20.9. The molecule has 6 heteroatoms. The van der Waals surface area contributed by atoms with E-state index < -0.39 is 0 Å². The van der Waals surface area contributed by atoms with Gasteiger partial charge in [-0.1, -0.05) is 58.4 Å². The summed E-state index contributed by atoms with van der Waals surface area (Å²) in [5, 5.41) is 3.01. The van der Waals surface area contributed by atoms with Gasteiger partial charge in [-0.3, -0.25) is 4.79 Å². The molecule has 0 saturated heterocycles. The summed E-state index contributed by atoms with van der Waals surface area (Å²) in [6, 6.07) is 25.3. The van der Waals surface area contributed by atoms with Crippen LogP contribution in [0.15, 0.2) is 83.3 Å². The van der Waals surface area contributed by atoms with Crippen molar-refractivity contribution in [3.05, 3.63) is 94.7 Å². The Bertz CT molecular complexity index is 1140. The molecule has 0 spiro atoms. The van der Waals surface area contributed by atoms with Crippen LogP contribution >= 0.6 is 15.9 Å². The number of amides is 1. The van der Waals surface area contributed by atoms with E-state index in [1.165, 1.54) is 0 Å². The van der Waals surface area contributed by atoms with Gasteiger partial charge in [0.1, 0.15) is 11.6 Å². The highest BCUT2D eigenvalue weighted by Gasteiger charge is 2.19. The lowest BCUT2D eigenvalue weighted by atomic mass is 10.2. The zero-order valence-corrected chi connectivity index (χ0v) is 18.2. The van der Waals surface area contributed by atoms with E-state index in [4.69, 9.17) is 9.72 Å². The van der Waals surface area contributed by atoms with Gasteiger partial charge in [0.05, 0.1) is 17.1 Å². The van der Waals surface area contributed by atoms with E-state index in [2.05, 4.69) is 44.0 Å². The van der Waals surface area contributed by atoms with Crippen LogP contribution in [0.2, 0.25) is 0 Å². The Morgan fingerprint density at radius 2 is 1.73 bits per heavy atom. The molecule has 0 aliphatic carbocycles. The number of imidazole rings is 1. The van der Waals surface area contributed by atoms with Crippen LogP contribution in [0.5, 0.6) is 5.75 Å². The number of aromatic nitrogens is 2. The summed E-state index contributed by atoms with van der Waals surface area (Å²) in [5.41, 5.74) is 3.11. The summed E-state index contributed by atoms with van der Waals surface area (Å²) in [7, 11) is 0. The Hall–Kier alpha value is -3.12. The zero-order valence-electron chi connectivity index (χ0n) is 16.6. The van der Waals surface area contributed by atoms with Gasteiger partial charge in [-0.25, -0.2) is 4.98 Å². The highest BCUT2D eigenvalue weighted by Crippen LogP contribution is 2.23. The predicted octanol–water partition coefficient (Wildman–Crippen LogP) is 5.10. The molecule has 152 valence electrons. The van der Waals surface area contributed by atoms with Crippen LogP contribution in [0.3, 0.4) is 0 Å². The van der Waals surface area contributed by atoms with Crippen molar-refractivity contribution < 1.29 is 9.53 Å². The lowest BCUT2D eigenvalue weighted by Crippen LogP contribution is -2.32. The Balaban J connectivity index is 1.53. The number of fused-ring (bicyclic) bond motifs is 1. The van der Waals surface area contributed by atoms with Crippen molar-refractivity contribution in [1.29, 1.82) is 0 Å². The first kappa shape index (κ1) is 20.2. The van der Waals surface area contributed by atoms with E-state index in [0.717, 1.165) is 26.9 Å². The van der Waals surface area contributed by atoms with E-state index in [1.807, 2.05) is 67.6 Å². The quantitative estimate of drug-likeness (QED) is 0.414. The number of nitrogens with one attached hydrogen (secondary N) is 1. The largest absolute Gasteiger partial charge is 0.484 e. The average molecular weight is 464 g/mol. The third-order valence-corrected chi connectivity index (χ3v) is 5.34. The van der Waals surface area contributed by atoms with Gasteiger partial charge in [-0.2, -0.15) is 0 Å². The SMILES string of the molecule is CC(NC(=O)COc1ccccc1)c1nc2ccccc2n1Cc1ccc(Br)cc1. The molecule has 3 aromatic carbocycles. The number of para-hydroxylation sites is 3. The van der Waals surface area contributed by atoms with Crippen molar-refractivity contribution in [2.24, 2.45) is 0 Å². The van der Waals surface area contributed by atoms with Gasteiger partial charge >= 0.3 is 0 Å². The Labute approximate surface area is 183 Å². The van der Waals surface area contributed by atoms with E-state index in [1.54, 1.807) is 0 Å². The first-order valence-electron chi connectivity index (χ1n) is 9.77. The van der Waals surface area contributed by atoms with Gasteiger partial charge in [-0.05, 0) is 48.9 Å². The predicted molar refractivity (Wildman–Crippen MR) is 121 cm³/mol. The fourth-order valence-corrected chi connectivity index (χ4v) is 3.64. The molecule has 4 rings (SSSR count). The maximum Gasteiger partial charge on any atom is 0.258 e. The van der Waals surface area contributed by atoms with Crippen LogP contribution in [-0.2, 0) is 11.3 Å². The molecule has 1 unspecified atom stereocenters. The van der Waals surface area contributed by atoms with Crippen LogP contribution < -0.4 is 10.1 Å². The third kappa shape index (κ3) is 4.71. The van der Waals surface area contributed by atoms with Gasteiger partial charge < -0.3 is 14.6 Å². The molecule has 1 atom stereocenters. The minimum absolute atomic E-state index is 0.0404. The number of hydrogen-bond donors (Lipinski definition) is 1. The van der Waals surface area contributed by atoms with Crippen LogP contribution in [0, 0.1) is 0 Å². The topological polar surface area (TPSA) is 56.1 Å². The minimum atomic E-state index is -0.264. The molecule has 1 aromatic heterocycles. The first-order valence-corrected chi connectivity index (χ1v) is 10.6. The number of halogens is 1. The Morgan fingerprint density at radius 1 is 1.03 bits per heavy atom. The molecule has 0 aliphatic heterocycles. The number of carbonyl (C=O) groups excluding carboxylic acids is 1. The molecule has 0 bridgehead atoms. The van der Waals surface area contributed by atoms with Crippen molar-refractivity contribution in [2.75, 3.05) is 6.61 Å². The number of nitrogens with zero attached hydrogens (tertiary/aromatic N) is 2. The summed E-state index contributed by atoms with van der Waals surface area (Å²) in [6.45, 7) is 2.57. The second-order valence-electron chi connectivity index (χ2n) is 7.06. The van der Waals surface area contributed by atoms with Gasteiger partial charge in [-0.15, -0.1) is 0 Å². The standard InChI is InChI=1S/C24H22BrN3O2/c1-17(26-23(29)16-30-20-7-3-2-4-8-20)24-27-21-9-5-6-10-22(21)28(24)15-18-11-13-19(25)14-12-18/h2-14,17H,15-16H2,1H3,(H,26,29). The number of carbonyl (C=O) groups is 1. The summed E-state index contributed by atoms with van der Waals surface area (Å²) >= 11 is 3.48. The maximum atomic E-state index is 12.4. The lowest BCUT2D eigenvalue weighted by molar-refractivity contribution is -0.123. The van der Waals surface area contributed by atoms with Gasteiger partial charge in [0.2, 0.25) is 0 Å². The number of benzene rings is 3. The molecule has 0 aliphatic rings. The molecular formula is C24H22BrN3O2. The van der Waals surface area contributed by atoms with Crippen LogP contribution in [-0.4, -0.2) is 22.1 Å². The number of rotatable bonds is 7. The molecular weight excluding hydrogens is 442 g/mol. The highest BCUT2D eigenvalue weighted by atomic mass is 79.9. The average Bonchev–Trinajstić information content (AvgIpc) is 3.13.